The summed E-state index contributed by atoms with van der Waals surface area (Å²) in [4.78, 5) is 2.55. The number of rotatable bonds is 3. The van der Waals surface area contributed by atoms with Crippen molar-refractivity contribution in [3.63, 3.8) is 0 Å². The monoisotopic (exact) mass is 264 g/mol. The lowest BCUT2D eigenvalue weighted by Crippen LogP contribution is -2.23. The Balaban J connectivity index is 1.85. The Labute approximate surface area is 114 Å². The molecule has 2 aliphatic rings. The zero-order valence-corrected chi connectivity index (χ0v) is 11.7. The van der Waals surface area contributed by atoms with E-state index in [2.05, 4.69) is 22.3 Å². The van der Waals surface area contributed by atoms with Gasteiger partial charge >= 0.3 is 0 Å². The van der Waals surface area contributed by atoms with E-state index < -0.39 is 0 Å². The summed E-state index contributed by atoms with van der Waals surface area (Å²) < 4.78 is 0. The number of nitrogens with zero attached hydrogens (tertiary/aromatic N) is 1. The van der Waals surface area contributed by atoms with Crippen LogP contribution in [0.3, 0.4) is 0 Å². The summed E-state index contributed by atoms with van der Waals surface area (Å²) in [6.07, 6.45) is 4.27. The van der Waals surface area contributed by atoms with Gasteiger partial charge < -0.3 is 10.2 Å². The number of hydrogen-bond acceptors (Lipinski definition) is 2. The summed E-state index contributed by atoms with van der Waals surface area (Å²) >= 11 is 6.17. The number of nitrogens with one attached hydrogen (secondary N) is 1. The summed E-state index contributed by atoms with van der Waals surface area (Å²) in [6, 6.07) is 6.28. The number of benzene rings is 1. The summed E-state index contributed by atoms with van der Waals surface area (Å²) in [5.41, 5.74) is 2.70. The van der Waals surface area contributed by atoms with Gasteiger partial charge in [0, 0.05) is 30.3 Å². The molecule has 0 radical (unpaired) electrons. The van der Waals surface area contributed by atoms with Gasteiger partial charge in [-0.15, -0.1) is 0 Å². The van der Waals surface area contributed by atoms with Crippen molar-refractivity contribution in [2.75, 3.05) is 25.0 Å². The van der Waals surface area contributed by atoms with E-state index in [0.29, 0.717) is 0 Å². The smallest absolute Gasteiger partial charge is 0.0426 e. The van der Waals surface area contributed by atoms with E-state index >= 15 is 0 Å². The van der Waals surface area contributed by atoms with E-state index in [1.165, 1.54) is 43.6 Å². The molecule has 0 amide bonds. The third-order valence-electron chi connectivity index (χ3n) is 4.48. The molecular weight excluding hydrogens is 244 g/mol. The molecule has 1 aliphatic heterocycles. The molecule has 0 aromatic heterocycles. The molecule has 3 rings (SSSR count). The van der Waals surface area contributed by atoms with Crippen molar-refractivity contribution in [1.82, 2.24) is 5.32 Å². The Morgan fingerprint density at radius 2 is 2.00 bits per heavy atom. The quantitative estimate of drug-likeness (QED) is 0.901. The predicted molar refractivity (Wildman–Crippen MR) is 77.3 cm³/mol. The van der Waals surface area contributed by atoms with E-state index in [9.17, 15) is 0 Å². The first-order valence-electron chi connectivity index (χ1n) is 6.96. The van der Waals surface area contributed by atoms with Crippen molar-refractivity contribution in [2.45, 2.75) is 25.8 Å². The Bertz CT molecular complexity index is 421. The largest absolute Gasteiger partial charge is 0.371 e. The second-order valence-corrected chi connectivity index (χ2v) is 6.10. The maximum Gasteiger partial charge on any atom is 0.0426 e. The number of hydrogen-bond donors (Lipinski definition) is 1. The van der Waals surface area contributed by atoms with Crippen LogP contribution in [-0.4, -0.2) is 20.1 Å². The van der Waals surface area contributed by atoms with Gasteiger partial charge in [0.2, 0.25) is 0 Å². The lowest BCUT2D eigenvalue weighted by atomic mass is 10.0. The first kappa shape index (κ1) is 12.3. The number of fused-ring (bicyclic) bond motifs is 1. The van der Waals surface area contributed by atoms with Crippen LogP contribution >= 0.6 is 11.6 Å². The van der Waals surface area contributed by atoms with Crippen LogP contribution in [0.4, 0.5) is 5.69 Å². The van der Waals surface area contributed by atoms with Gasteiger partial charge in [0.25, 0.3) is 0 Å². The molecule has 1 saturated carbocycles. The van der Waals surface area contributed by atoms with Gasteiger partial charge in [-0.3, -0.25) is 0 Å². The third-order valence-corrected chi connectivity index (χ3v) is 4.72. The number of anilines is 1. The van der Waals surface area contributed by atoms with Gasteiger partial charge in [0.1, 0.15) is 0 Å². The van der Waals surface area contributed by atoms with E-state index in [1.54, 1.807) is 0 Å². The normalized spacial score (nSPS) is 26.7. The molecule has 0 bridgehead atoms. The predicted octanol–water partition coefficient (Wildman–Crippen LogP) is 3.30. The van der Waals surface area contributed by atoms with Crippen LogP contribution < -0.4 is 10.2 Å². The molecule has 1 aliphatic carbocycles. The lowest BCUT2D eigenvalue weighted by Gasteiger charge is -2.23. The van der Waals surface area contributed by atoms with Crippen LogP contribution in [0.1, 0.15) is 24.8 Å². The Morgan fingerprint density at radius 3 is 2.67 bits per heavy atom. The molecule has 2 unspecified atom stereocenters. The molecule has 1 aromatic rings. The van der Waals surface area contributed by atoms with Crippen LogP contribution in [0.15, 0.2) is 18.2 Å². The Kier molecular flexibility index (Phi) is 3.49. The van der Waals surface area contributed by atoms with E-state index in [-0.39, 0.29) is 0 Å². The average Bonchev–Trinajstić information content (AvgIpc) is 2.92. The molecule has 1 saturated heterocycles. The molecule has 1 heterocycles. The van der Waals surface area contributed by atoms with Crippen molar-refractivity contribution >= 4 is 17.3 Å². The minimum Gasteiger partial charge on any atom is -0.371 e. The second kappa shape index (κ2) is 5.10. The van der Waals surface area contributed by atoms with E-state index in [0.717, 1.165) is 23.4 Å². The topological polar surface area (TPSA) is 15.3 Å². The highest BCUT2D eigenvalue weighted by Gasteiger charge is 2.36. The Morgan fingerprint density at radius 1 is 1.28 bits per heavy atom. The summed E-state index contributed by atoms with van der Waals surface area (Å²) in [7, 11) is 2.00. The van der Waals surface area contributed by atoms with Gasteiger partial charge in [-0.25, -0.2) is 0 Å². The molecule has 1 N–H and O–H groups in total. The zero-order chi connectivity index (χ0) is 12.5. The highest BCUT2D eigenvalue weighted by Crippen LogP contribution is 2.40. The van der Waals surface area contributed by atoms with Crippen LogP contribution in [0.5, 0.6) is 0 Å². The molecule has 2 atom stereocenters. The SMILES string of the molecule is CNCc1ccc(Cl)cc1N1CC2CCCC2C1. The van der Waals surface area contributed by atoms with Crippen LogP contribution in [0, 0.1) is 11.8 Å². The van der Waals surface area contributed by atoms with E-state index in [4.69, 9.17) is 11.6 Å². The van der Waals surface area contributed by atoms with Crippen molar-refractivity contribution in [3.8, 4) is 0 Å². The first-order valence-corrected chi connectivity index (χ1v) is 7.33. The van der Waals surface area contributed by atoms with Crippen molar-refractivity contribution < 1.29 is 0 Å². The first-order chi connectivity index (χ1) is 8.78. The van der Waals surface area contributed by atoms with Gasteiger partial charge in [-0.1, -0.05) is 24.1 Å². The fourth-order valence-corrected chi connectivity index (χ4v) is 3.77. The molecular formula is C15H21ClN2. The zero-order valence-electron chi connectivity index (χ0n) is 11.0. The second-order valence-electron chi connectivity index (χ2n) is 5.66. The maximum atomic E-state index is 6.17. The third kappa shape index (κ3) is 2.24. The molecule has 1 aromatic carbocycles. The Hall–Kier alpha value is -0.730. The summed E-state index contributed by atoms with van der Waals surface area (Å²) in [5, 5.41) is 4.10. The number of halogens is 1. The van der Waals surface area contributed by atoms with Crippen molar-refractivity contribution in [2.24, 2.45) is 11.8 Å². The van der Waals surface area contributed by atoms with Crippen molar-refractivity contribution in [1.29, 1.82) is 0 Å². The minimum absolute atomic E-state index is 0.849. The van der Waals surface area contributed by atoms with Crippen molar-refractivity contribution in [3.05, 3.63) is 28.8 Å². The molecule has 2 nitrogen and oxygen atoms in total. The average molecular weight is 265 g/mol. The molecule has 2 fully saturated rings. The van der Waals surface area contributed by atoms with Gasteiger partial charge in [0.15, 0.2) is 0 Å². The van der Waals surface area contributed by atoms with Crippen LogP contribution in [0.25, 0.3) is 0 Å². The molecule has 18 heavy (non-hydrogen) atoms. The highest BCUT2D eigenvalue weighted by molar-refractivity contribution is 6.30. The molecule has 98 valence electrons. The lowest BCUT2D eigenvalue weighted by molar-refractivity contribution is 0.494. The fraction of sp³-hybridized carbons (Fsp3) is 0.600. The minimum atomic E-state index is 0.849. The van der Waals surface area contributed by atoms with Crippen LogP contribution in [0.2, 0.25) is 5.02 Å². The summed E-state index contributed by atoms with van der Waals surface area (Å²) in [5.74, 6) is 1.85. The molecule has 0 spiro atoms. The van der Waals surface area contributed by atoms with Gasteiger partial charge in [-0.2, -0.15) is 0 Å². The van der Waals surface area contributed by atoms with Gasteiger partial charge in [0.05, 0.1) is 0 Å². The highest BCUT2D eigenvalue weighted by atomic mass is 35.5. The van der Waals surface area contributed by atoms with E-state index in [1.807, 2.05) is 13.1 Å². The fourth-order valence-electron chi connectivity index (χ4n) is 3.60. The molecule has 3 heteroatoms. The standard InChI is InChI=1S/C15H21ClN2/c1-17-8-11-5-6-14(16)7-15(11)18-9-12-3-2-4-13(12)10-18/h5-7,12-13,17H,2-4,8-10H2,1H3. The van der Waals surface area contributed by atoms with Gasteiger partial charge in [-0.05, 0) is 49.4 Å². The van der Waals surface area contributed by atoms with Crippen LogP contribution in [-0.2, 0) is 6.54 Å². The maximum absolute atomic E-state index is 6.17. The summed E-state index contributed by atoms with van der Waals surface area (Å²) in [6.45, 7) is 3.36.